The van der Waals surface area contributed by atoms with Gasteiger partial charge in [-0.2, -0.15) is 0 Å². The molecule has 2 amide bonds. The van der Waals surface area contributed by atoms with Crippen LogP contribution < -0.4 is 5.32 Å². The molecule has 4 aliphatic rings. The van der Waals surface area contributed by atoms with Crippen LogP contribution in [-0.2, 0) is 16.0 Å². The smallest absolute Gasteiger partial charge is 0.410 e. The van der Waals surface area contributed by atoms with E-state index in [1.807, 2.05) is 28.0 Å². The zero-order valence-electron chi connectivity index (χ0n) is 17.5. The Bertz CT molecular complexity index is 773. The molecule has 1 aliphatic carbocycles. The van der Waals surface area contributed by atoms with Crippen LogP contribution in [0.2, 0.25) is 0 Å². The van der Waals surface area contributed by atoms with Gasteiger partial charge in [0.2, 0.25) is 5.91 Å². The van der Waals surface area contributed by atoms with Crippen molar-refractivity contribution < 1.29 is 14.3 Å². The maximum Gasteiger partial charge on any atom is 0.410 e. The summed E-state index contributed by atoms with van der Waals surface area (Å²) in [6.45, 7) is 4.85. The molecule has 4 fully saturated rings. The highest BCUT2D eigenvalue weighted by Crippen LogP contribution is 2.59. The summed E-state index contributed by atoms with van der Waals surface area (Å²) in [5, 5.41) is 3.40. The van der Waals surface area contributed by atoms with Gasteiger partial charge in [-0.15, -0.1) is 12.4 Å². The molecule has 6 nitrogen and oxygen atoms in total. The first-order chi connectivity index (χ1) is 14.1. The third-order valence-electron chi connectivity index (χ3n) is 7.63. The van der Waals surface area contributed by atoms with Gasteiger partial charge < -0.3 is 19.9 Å². The van der Waals surface area contributed by atoms with E-state index in [2.05, 4.69) is 17.4 Å². The molecule has 7 heteroatoms. The molecule has 1 aromatic carbocycles. The number of nitrogens with zero attached hydrogens (tertiary/aromatic N) is 2. The molecule has 3 aliphatic heterocycles. The van der Waals surface area contributed by atoms with Crippen molar-refractivity contribution in [2.75, 3.05) is 39.3 Å². The zero-order valence-corrected chi connectivity index (χ0v) is 18.3. The summed E-state index contributed by atoms with van der Waals surface area (Å²) < 4.78 is 5.85. The zero-order chi connectivity index (χ0) is 19.9. The maximum absolute atomic E-state index is 13.0. The van der Waals surface area contributed by atoms with E-state index >= 15 is 0 Å². The molecule has 0 bridgehead atoms. The van der Waals surface area contributed by atoms with Crippen molar-refractivity contribution >= 4 is 24.4 Å². The van der Waals surface area contributed by atoms with Gasteiger partial charge in [-0.05, 0) is 49.8 Å². The van der Waals surface area contributed by atoms with Crippen LogP contribution in [-0.4, -0.2) is 66.7 Å². The predicted octanol–water partition coefficient (Wildman–Crippen LogP) is 2.85. The topological polar surface area (TPSA) is 61.9 Å². The fraction of sp³-hybridized carbons (Fsp3) is 0.652. The third-order valence-corrected chi connectivity index (χ3v) is 7.63. The van der Waals surface area contributed by atoms with Gasteiger partial charge in [-0.25, -0.2) is 4.79 Å². The number of likely N-dealkylation sites (tertiary alicyclic amines) is 1. The van der Waals surface area contributed by atoms with Crippen LogP contribution >= 0.6 is 12.4 Å². The number of benzene rings is 1. The summed E-state index contributed by atoms with van der Waals surface area (Å²) in [4.78, 5) is 29.3. The summed E-state index contributed by atoms with van der Waals surface area (Å²) in [5.74, 6) is 0.569. The molecule has 2 spiro atoms. The van der Waals surface area contributed by atoms with Crippen LogP contribution in [0.4, 0.5) is 4.79 Å². The number of rotatable bonds is 4. The summed E-state index contributed by atoms with van der Waals surface area (Å²) >= 11 is 0. The molecule has 0 radical (unpaired) electrons. The molecule has 0 aromatic heterocycles. The molecular weight excluding hydrogens is 402 g/mol. The Kier molecular flexibility index (Phi) is 5.99. The van der Waals surface area contributed by atoms with Gasteiger partial charge >= 0.3 is 6.09 Å². The number of nitrogens with one attached hydrogen (secondary N) is 1. The number of piperidine rings is 2. The Morgan fingerprint density at radius 1 is 1.10 bits per heavy atom. The van der Waals surface area contributed by atoms with E-state index in [1.54, 1.807) is 0 Å². The lowest BCUT2D eigenvalue weighted by Crippen LogP contribution is -2.49. The maximum atomic E-state index is 13.0. The molecule has 1 N–H and O–H groups in total. The molecule has 1 aromatic rings. The molecular formula is C23H32ClN3O3. The Balaban J connectivity index is 0.00000218. The summed E-state index contributed by atoms with van der Waals surface area (Å²) in [6, 6.07) is 10.2. The van der Waals surface area contributed by atoms with E-state index in [4.69, 9.17) is 4.74 Å². The molecule has 1 saturated carbocycles. The van der Waals surface area contributed by atoms with Crippen molar-refractivity contribution in [2.24, 2.45) is 11.3 Å². The average Bonchev–Trinajstić information content (AvgIpc) is 3.35. The highest BCUT2D eigenvalue weighted by atomic mass is 35.5. The minimum absolute atomic E-state index is 0. The first kappa shape index (κ1) is 21.4. The van der Waals surface area contributed by atoms with Crippen LogP contribution in [0, 0.1) is 11.3 Å². The third kappa shape index (κ3) is 4.04. The average molecular weight is 434 g/mol. The molecule has 30 heavy (non-hydrogen) atoms. The predicted molar refractivity (Wildman–Crippen MR) is 117 cm³/mol. The second kappa shape index (κ2) is 8.39. The van der Waals surface area contributed by atoms with Crippen LogP contribution in [0.1, 0.15) is 37.7 Å². The number of hydrogen-bond acceptors (Lipinski definition) is 4. The molecule has 3 saturated heterocycles. The van der Waals surface area contributed by atoms with Gasteiger partial charge in [0.15, 0.2) is 0 Å². The quantitative estimate of drug-likeness (QED) is 0.793. The molecule has 1 atom stereocenters. The minimum Gasteiger partial charge on any atom is -0.441 e. The van der Waals surface area contributed by atoms with Gasteiger partial charge in [0.1, 0.15) is 5.60 Å². The van der Waals surface area contributed by atoms with E-state index in [9.17, 15) is 9.59 Å². The van der Waals surface area contributed by atoms with Crippen LogP contribution in [0.5, 0.6) is 0 Å². The largest absolute Gasteiger partial charge is 0.441 e. The first-order valence-corrected chi connectivity index (χ1v) is 11.1. The van der Waals surface area contributed by atoms with E-state index in [0.29, 0.717) is 32.1 Å². The summed E-state index contributed by atoms with van der Waals surface area (Å²) in [7, 11) is 0. The van der Waals surface area contributed by atoms with Crippen molar-refractivity contribution in [3.05, 3.63) is 35.9 Å². The van der Waals surface area contributed by atoms with Crippen molar-refractivity contribution in [3.63, 3.8) is 0 Å². The highest BCUT2D eigenvalue weighted by molar-refractivity contribution is 5.85. The highest BCUT2D eigenvalue weighted by Gasteiger charge is 2.59. The number of halogens is 1. The van der Waals surface area contributed by atoms with Gasteiger partial charge in [-0.1, -0.05) is 30.3 Å². The lowest BCUT2D eigenvalue weighted by Gasteiger charge is -2.38. The van der Waals surface area contributed by atoms with Crippen molar-refractivity contribution in [1.29, 1.82) is 0 Å². The van der Waals surface area contributed by atoms with Crippen LogP contribution in [0.15, 0.2) is 30.3 Å². The van der Waals surface area contributed by atoms with E-state index < -0.39 is 5.60 Å². The van der Waals surface area contributed by atoms with Gasteiger partial charge in [0.25, 0.3) is 0 Å². The Morgan fingerprint density at radius 3 is 2.50 bits per heavy atom. The summed E-state index contributed by atoms with van der Waals surface area (Å²) in [5.41, 5.74) is 1.12. The number of hydrogen-bond donors (Lipinski definition) is 1. The molecule has 164 valence electrons. The van der Waals surface area contributed by atoms with E-state index in [0.717, 1.165) is 51.6 Å². The lowest BCUT2D eigenvalue weighted by atomic mass is 9.89. The summed E-state index contributed by atoms with van der Waals surface area (Å²) in [6.07, 6.45) is 5.50. The van der Waals surface area contributed by atoms with Gasteiger partial charge in [-0.3, -0.25) is 4.79 Å². The second-order valence-electron chi connectivity index (χ2n) is 9.40. The number of ether oxygens (including phenoxy) is 1. The van der Waals surface area contributed by atoms with Crippen molar-refractivity contribution in [2.45, 2.75) is 44.1 Å². The molecule has 5 rings (SSSR count). The standard InChI is InChI=1S/C23H31N3O3.ClH/c27-20(19-16-22(19)7-11-24-12-8-22)25-14-9-23(10-15-25)17-26(21(28)29-23)13-6-18-4-2-1-3-5-18;/h1-5,19,24H,6-17H2;1H. The van der Waals surface area contributed by atoms with Gasteiger partial charge in [0, 0.05) is 38.4 Å². The van der Waals surface area contributed by atoms with Crippen LogP contribution in [0.3, 0.4) is 0 Å². The Hall–Kier alpha value is -1.79. The first-order valence-electron chi connectivity index (χ1n) is 11.1. The van der Waals surface area contributed by atoms with E-state index in [1.165, 1.54) is 5.56 Å². The van der Waals surface area contributed by atoms with Gasteiger partial charge in [0.05, 0.1) is 6.54 Å². The number of carbonyl (C=O) groups is 2. The van der Waals surface area contributed by atoms with E-state index in [-0.39, 0.29) is 29.8 Å². The minimum atomic E-state index is -0.402. The Labute approximate surface area is 184 Å². The number of carbonyl (C=O) groups excluding carboxylic acids is 2. The lowest BCUT2D eigenvalue weighted by molar-refractivity contribution is -0.137. The normalized spacial score (nSPS) is 26.4. The molecule has 3 heterocycles. The van der Waals surface area contributed by atoms with Crippen molar-refractivity contribution in [3.8, 4) is 0 Å². The fourth-order valence-electron chi connectivity index (χ4n) is 5.56. The van der Waals surface area contributed by atoms with Crippen LogP contribution in [0.25, 0.3) is 0 Å². The monoisotopic (exact) mass is 433 g/mol. The molecule has 1 unspecified atom stereocenters. The Morgan fingerprint density at radius 2 is 1.80 bits per heavy atom. The SMILES string of the molecule is Cl.O=C1OC2(CCN(C(=O)C3CC34CCNCC4)CC2)CN1CCc1ccccc1. The van der Waals surface area contributed by atoms with Crippen molar-refractivity contribution in [1.82, 2.24) is 15.1 Å². The number of amides is 2. The second-order valence-corrected chi connectivity index (χ2v) is 9.40. The fourth-order valence-corrected chi connectivity index (χ4v) is 5.56.